The molecule has 2 heterocycles. The van der Waals surface area contributed by atoms with Gasteiger partial charge in [-0.15, -0.1) is 0 Å². The van der Waals surface area contributed by atoms with E-state index in [-0.39, 0.29) is 12.0 Å². The van der Waals surface area contributed by atoms with Crippen LogP contribution in [0.3, 0.4) is 0 Å². The summed E-state index contributed by atoms with van der Waals surface area (Å²) in [4.78, 5) is 0. The fourth-order valence-electron chi connectivity index (χ4n) is 3.45. The minimum Gasteiger partial charge on any atom is -0.390 e. The first kappa shape index (κ1) is 17.6. The second-order valence-corrected chi connectivity index (χ2v) is 6.87. The molecule has 0 aliphatic carbocycles. The van der Waals surface area contributed by atoms with Crippen LogP contribution in [0.4, 0.5) is 0 Å². The predicted octanol–water partition coefficient (Wildman–Crippen LogP) is 3.04. The topological polar surface area (TPSA) is 57.2 Å². The molecule has 2 aromatic rings. The van der Waals surface area contributed by atoms with Crippen molar-refractivity contribution in [1.82, 2.24) is 0 Å². The normalized spacial score (nSPS) is 34.2. The summed E-state index contributed by atoms with van der Waals surface area (Å²) in [6, 6.07) is 19.7. The Hall–Kier alpha value is -1.76. The molecule has 2 saturated heterocycles. The van der Waals surface area contributed by atoms with Gasteiger partial charge in [0.05, 0.1) is 19.3 Å². The molecule has 6 atom stereocenters. The Labute approximate surface area is 153 Å². The molecule has 0 aromatic heterocycles. The Balaban J connectivity index is 1.40. The molecule has 2 aliphatic rings. The number of rotatable bonds is 4. The monoisotopic (exact) mass is 356 g/mol. The van der Waals surface area contributed by atoms with Gasteiger partial charge < -0.3 is 24.1 Å². The van der Waals surface area contributed by atoms with Crippen LogP contribution in [0.25, 0.3) is 0 Å². The standard InChI is InChI=1S/C21H24O5/c1-14-18(22)19-17(13-24-21(26-19)16-10-6-3-7-11-16)25-20(14)23-12-15-8-4-2-5-9-15/h2-11,14,17-22H,12-13H2,1H3/t14?,17?,18-,19-,20+,21?/m1/s1. The number of hydrogen-bond acceptors (Lipinski definition) is 5. The average molecular weight is 356 g/mol. The molecule has 0 spiro atoms. The smallest absolute Gasteiger partial charge is 0.184 e. The molecule has 0 bridgehead atoms. The Morgan fingerprint density at radius 2 is 1.69 bits per heavy atom. The SMILES string of the molecule is CC1[C@@H](OCc2ccccc2)OC2COC(c3ccccc3)O[C@H]2[C@@H]1O. The molecular formula is C21H24O5. The van der Waals surface area contributed by atoms with Crippen LogP contribution in [0, 0.1) is 5.92 Å². The lowest BCUT2D eigenvalue weighted by Crippen LogP contribution is -2.59. The Morgan fingerprint density at radius 1 is 1.00 bits per heavy atom. The average Bonchev–Trinajstić information content (AvgIpc) is 2.71. The minimum atomic E-state index is -0.676. The summed E-state index contributed by atoms with van der Waals surface area (Å²) in [6.07, 6.45) is -2.43. The highest BCUT2D eigenvalue weighted by Gasteiger charge is 2.48. The van der Waals surface area contributed by atoms with E-state index in [0.717, 1.165) is 11.1 Å². The highest BCUT2D eigenvalue weighted by atomic mass is 16.7. The number of ether oxygens (including phenoxy) is 4. The van der Waals surface area contributed by atoms with E-state index in [0.29, 0.717) is 13.2 Å². The number of benzene rings is 2. The van der Waals surface area contributed by atoms with Crippen LogP contribution in [0.15, 0.2) is 60.7 Å². The van der Waals surface area contributed by atoms with Gasteiger partial charge in [0, 0.05) is 11.5 Å². The lowest BCUT2D eigenvalue weighted by atomic mass is 9.91. The highest BCUT2D eigenvalue weighted by Crippen LogP contribution is 2.36. The van der Waals surface area contributed by atoms with Gasteiger partial charge in [-0.05, 0) is 5.56 Å². The van der Waals surface area contributed by atoms with Gasteiger partial charge in [0.25, 0.3) is 0 Å². The van der Waals surface area contributed by atoms with E-state index in [2.05, 4.69) is 0 Å². The molecule has 0 amide bonds. The van der Waals surface area contributed by atoms with E-state index in [9.17, 15) is 5.11 Å². The molecule has 5 heteroatoms. The first-order valence-corrected chi connectivity index (χ1v) is 9.03. The van der Waals surface area contributed by atoms with E-state index < -0.39 is 24.8 Å². The Bertz CT molecular complexity index is 690. The molecule has 3 unspecified atom stereocenters. The van der Waals surface area contributed by atoms with Crippen molar-refractivity contribution in [2.75, 3.05) is 6.61 Å². The predicted molar refractivity (Wildman–Crippen MR) is 95.1 cm³/mol. The van der Waals surface area contributed by atoms with Gasteiger partial charge >= 0.3 is 0 Å². The molecule has 1 N–H and O–H groups in total. The van der Waals surface area contributed by atoms with Gasteiger partial charge in [0.1, 0.15) is 12.2 Å². The van der Waals surface area contributed by atoms with Crippen molar-refractivity contribution in [1.29, 1.82) is 0 Å². The number of aliphatic hydroxyl groups is 1. The first-order chi connectivity index (χ1) is 12.7. The van der Waals surface area contributed by atoms with Gasteiger partial charge in [-0.2, -0.15) is 0 Å². The quantitative estimate of drug-likeness (QED) is 0.913. The van der Waals surface area contributed by atoms with Crippen molar-refractivity contribution in [3.8, 4) is 0 Å². The highest BCUT2D eigenvalue weighted by molar-refractivity contribution is 5.17. The summed E-state index contributed by atoms with van der Waals surface area (Å²) in [5.74, 6) is -0.200. The first-order valence-electron chi connectivity index (χ1n) is 9.03. The number of fused-ring (bicyclic) bond motifs is 1. The second-order valence-electron chi connectivity index (χ2n) is 6.87. The summed E-state index contributed by atoms with van der Waals surface area (Å²) in [6.45, 7) is 2.72. The van der Waals surface area contributed by atoms with Crippen LogP contribution in [0.5, 0.6) is 0 Å². The van der Waals surface area contributed by atoms with Gasteiger partial charge in [-0.3, -0.25) is 0 Å². The van der Waals surface area contributed by atoms with E-state index in [1.54, 1.807) is 0 Å². The molecular weight excluding hydrogens is 332 g/mol. The maximum Gasteiger partial charge on any atom is 0.184 e. The van der Waals surface area contributed by atoms with E-state index in [1.807, 2.05) is 67.6 Å². The van der Waals surface area contributed by atoms with Gasteiger partial charge in [-0.25, -0.2) is 0 Å². The van der Waals surface area contributed by atoms with Crippen molar-refractivity contribution in [2.24, 2.45) is 5.92 Å². The lowest BCUT2D eigenvalue weighted by Gasteiger charge is -2.47. The third-order valence-corrected chi connectivity index (χ3v) is 5.00. The maximum absolute atomic E-state index is 10.8. The molecule has 4 rings (SSSR count). The third kappa shape index (κ3) is 3.68. The van der Waals surface area contributed by atoms with Crippen molar-refractivity contribution in [3.63, 3.8) is 0 Å². The minimum absolute atomic E-state index is 0.200. The van der Waals surface area contributed by atoms with Crippen LogP contribution < -0.4 is 0 Å². The van der Waals surface area contributed by atoms with Gasteiger partial charge in [0.2, 0.25) is 0 Å². The van der Waals surface area contributed by atoms with Crippen molar-refractivity contribution in [2.45, 2.75) is 44.4 Å². The zero-order valence-corrected chi connectivity index (χ0v) is 14.7. The maximum atomic E-state index is 10.8. The third-order valence-electron chi connectivity index (χ3n) is 5.00. The Morgan fingerprint density at radius 3 is 2.42 bits per heavy atom. The molecule has 0 saturated carbocycles. The summed E-state index contributed by atoms with van der Waals surface area (Å²) < 4.78 is 23.8. The largest absolute Gasteiger partial charge is 0.390 e. The lowest BCUT2D eigenvalue weighted by molar-refractivity contribution is -0.353. The Kier molecular flexibility index (Phi) is 5.33. The second kappa shape index (κ2) is 7.86. The zero-order chi connectivity index (χ0) is 17.9. The number of aliphatic hydroxyl groups excluding tert-OH is 1. The summed E-state index contributed by atoms with van der Waals surface area (Å²) in [5, 5.41) is 10.8. The molecule has 0 radical (unpaired) electrons. The fourth-order valence-corrected chi connectivity index (χ4v) is 3.45. The molecule has 2 fully saturated rings. The van der Waals surface area contributed by atoms with Crippen molar-refractivity contribution < 1.29 is 24.1 Å². The molecule has 138 valence electrons. The number of hydrogen-bond donors (Lipinski definition) is 1. The summed E-state index contributed by atoms with van der Waals surface area (Å²) in [7, 11) is 0. The van der Waals surface area contributed by atoms with Crippen molar-refractivity contribution in [3.05, 3.63) is 71.8 Å². The van der Waals surface area contributed by atoms with E-state index >= 15 is 0 Å². The summed E-state index contributed by atoms with van der Waals surface area (Å²) >= 11 is 0. The van der Waals surface area contributed by atoms with E-state index in [4.69, 9.17) is 18.9 Å². The van der Waals surface area contributed by atoms with Crippen LogP contribution >= 0.6 is 0 Å². The van der Waals surface area contributed by atoms with Crippen LogP contribution in [0.2, 0.25) is 0 Å². The van der Waals surface area contributed by atoms with Crippen molar-refractivity contribution >= 4 is 0 Å². The molecule has 5 nitrogen and oxygen atoms in total. The van der Waals surface area contributed by atoms with Gasteiger partial charge in [-0.1, -0.05) is 67.6 Å². The zero-order valence-electron chi connectivity index (χ0n) is 14.7. The fraction of sp³-hybridized carbons (Fsp3) is 0.429. The molecule has 2 aromatic carbocycles. The van der Waals surface area contributed by atoms with Gasteiger partial charge in [0.15, 0.2) is 12.6 Å². The van der Waals surface area contributed by atoms with E-state index in [1.165, 1.54) is 0 Å². The molecule has 2 aliphatic heterocycles. The van der Waals surface area contributed by atoms with Crippen LogP contribution in [0.1, 0.15) is 24.3 Å². The molecule has 26 heavy (non-hydrogen) atoms. The van der Waals surface area contributed by atoms with Crippen LogP contribution in [-0.2, 0) is 25.6 Å². The van der Waals surface area contributed by atoms with Crippen LogP contribution in [-0.4, -0.2) is 36.3 Å². The summed E-state index contributed by atoms with van der Waals surface area (Å²) in [5.41, 5.74) is 2.01.